The average molecular weight is 402 g/mol. The van der Waals surface area contributed by atoms with Gasteiger partial charge in [0.15, 0.2) is 5.96 Å². The number of carbonyl (C=O) groups excluding carboxylic acids is 1. The predicted molar refractivity (Wildman–Crippen MR) is 114 cm³/mol. The lowest BCUT2D eigenvalue weighted by molar-refractivity contribution is 0.0597. The fourth-order valence-corrected chi connectivity index (χ4v) is 3.22. The highest BCUT2D eigenvalue weighted by Crippen LogP contribution is 2.20. The first-order valence-electron chi connectivity index (χ1n) is 9.52. The van der Waals surface area contributed by atoms with Gasteiger partial charge in [0.25, 0.3) is 0 Å². The summed E-state index contributed by atoms with van der Waals surface area (Å²) in [4.78, 5) is 16.2. The number of nitrogens with zero attached hydrogens (tertiary/aromatic N) is 3. The van der Waals surface area contributed by atoms with E-state index in [9.17, 15) is 4.79 Å². The smallest absolute Gasteiger partial charge is 0.341 e. The minimum atomic E-state index is -0.429. The van der Waals surface area contributed by atoms with Crippen molar-refractivity contribution < 1.29 is 14.3 Å². The SMILES string of the molecule is CN=C(NCc1ccc(OC)c(C(=O)OC)c1)NC(C)Cc1c(C)nn(C)c1C. The van der Waals surface area contributed by atoms with Gasteiger partial charge in [-0.1, -0.05) is 6.07 Å². The Labute approximate surface area is 172 Å². The van der Waals surface area contributed by atoms with Gasteiger partial charge >= 0.3 is 5.97 Å². The lowest BCUT2D eigenvalue weighted by Gasteiger charge is -2.18. The summed E-state index contributed by atoms with van der Waals surface area (Å²) in [6.07, 6.45) is 0.848. The Bertz CT molecular complexity index is 889. The lowest BCUT2D eigenvalue weighted by atomic mass is 10.1. The molecule has 2 rings (SSSR count). The molecule has 1 atom stereocenters. The van der Waals surface area contributed by atoms with Gasteiger partial charge in [-0.2, -0.15) is 5.10 Å². The minimum absolute atomic E-state index is 0.171. The molecule has 2 N–H and O–H groups in total. The van der Waals surface area contributed by atoms with Crippen molar-refractivity contribution in [1.29, 1.82) is 0 Å². The summed E-state index contributed by atoms with van der Waals surface area (Å²) in [6.45, 7) is 6.73. The molecule has 158 valence electrons. The van der Waals surface area contributed by atoms with Crippen LogP contribution in [-0.4, -0.2) is 49.0 Å². The molecule has 0 bridgehead atoms. The summed E-state index contributed by atoms with van der Waals surface area (Å²) in [5.41, 5.74) is 4.79. The zero-order valence-corrected chi connectivity index (χ0v) is 18.3. The molecule has 2 aromatic rings. The molecular weight excluding hydrogens is 370 g/mol. The maximum atomic E-state index is 11.9. The normalized spacial score (nSPS) is 12.4. The van der Waals surface area contributed by atoms with E-state index in [4.69, 9.17) is 9.47 Å². The molecule has 1 heterocycles. The van der Waals surface area contributed by atoms with E-state index in [-0.39, 0.29) is 6.04 Å². The highest BCUT2D eigenvalue weighted by atomic mass is 16.5. The lowest BCUT2D eigenvalue weighted by Crippen LogP contribution is -2.42. The van der Waals surface area contributed by atoms with Crippen molar-refractivity contribution in [3.05, 3.63) is 46.3 Å². The number of ether oxygens (including phenoxy) is 2. The molecule has 1 unspecified atom stereocenters. The Morgan fingerprint density at radius 3 is 2.59 bits per heavy atom. The van der Waals surface area contributed by atoms with Gasteiger partial charge in [-0.05, 0) is 50.5 Å². The fourth-order valence-electron chi connectivity index (χ4n) is 3.22. The van der Waals surface area contributed by atoms with Crippen LogP contribution < -0.4 is 15.4 Å². The molecule has 0 radical (unpaired) electrons. The van der Waals surface area contributed by atoms with Gasteiger partial charge in [0.05, 0.1) is 19.9 Å². The van der Waals surface area contributed by atoms with Gasteiger partial charge in [0, 0.05) is 32.4 Å². The van der Waals surface area contributed by atoms with Gasteiger partial charge in [0.2, 0.25) is 0 Å². The monoisotopic (exact) mass is 401 g/mol. The Hall–Kier alpha value is -3.03. The van der Waals surface area contributed by atoms with Crippen molar-refractivity contribution in [2.75, 3.05) is 21.3 Å². The van der Waals surface area contributed by atoms with Crippen molar-refractivity contribution in [2.45, 2.75) is 39.8 Å². The number of nitrogens with one attached hydrogen (secondary N) is 2. The summed E-state index contributed by atoms with van der Waals surface area (Å²) in [5.74, 6) is 0.744. The van der Waals surface area contributed by atoms with Gasteiger partial charge in [0.1, 0.15) is 11.3 Å². The maximum Gasteiger partial charge on any atom is 0.341 e. The van der Waals surface area contributed by atoms with E-state index in [0.29, 0.717) is 23.8 Å². The van der Waals surface area contributed by atoms with E-state index in [0.717, 1.165) is 17.7 Å². The number of aliphatic imine (C=N–C) groups is 1. The Balaban J connectivity index is 2.01. The number of aromatic nitrogens is 2. The molecule has 8 nitrogen and oxygen atoms in total. The Morgan fingerprint density at radius 2 is 2.03 bits per heavy atom. The third-order valence-corrected chi connectivity index (χ3v) is 4.91. The second-order valence-electron chi connectivity index (χ2n) is 6.97. The molecule has 29 heavy (non-hydrogen) atoms. The molecule has 0 spiro atoms. The van der Waals surface area contributed by atoms with Crippen LogP contribution in [0.3, 0.4) is 0 Å². The van der Waals surface area contributed by atoms with E-state index in [1.54, 1.807) is 19.2 Å². The predicted octanol–water partition coefficient (Wildman–Crippen LogP) is 2.13. The third kappa shape index (κ3) is 5.49. The van der Waals surface area contributed by atoms with E-state index >= 15 is 0 Å². The van der Waals surface area contributed by atoms with Crippen LogP contribution in [0.1, 0.15) is 39.8 Å². The first-order valence-corrected chi connectivity index (χ1v) is 9.52. The van der Waals surface area contributed by atoms with Crippen molar-refractivity contribution in [3.63, 3.8) is 0 Å². The first-order chi connectivity index (χ1) is 13.8. The molecule has 1 aromatic carbocycles. The molecule has 0 amide bonds. The number of rotatable bonds is 7. The summed E-state index contributed by atoms with van der Waals surface area (Å²) >= 11 is 0. The van der Waals surface area contributed by atoms with E-state index < -0.39 is 5.97 Å². The molecule has 0 aliphatic heterocycles. The standard InChI is InChI=1S/C21H31N5O3/c1-13(10-17-14(2)25-26(5)15(17)3)24-21(22-4)23-12-16-8-9-19(28-6)18(11-16)20(27)29-7/h8-9,11,13H,10,12H2,1-7H3,(H2,22,23,24). The van der Waals surface area contributed by atoms with Crippen LogP contribution in [0.5, 0.6) is 5.75 Å². The number of carbonyl (C=O) groups is 1. The number of hydrogen-bond donors (Lipinski definition) is 2. The van der Waals surface area contributed by atoms with Crippen molar-refractivity contribution in [3.8, 4) is 5.75 Å². The fraction of sp³-hybridized carbons (Fsp3) is 0.476. The van der Waals surface area contributed by atoms with Crippen LogP contribution >= 0.6 is 0 Å². The van der Waals surface area contributed by atoms with E-state index in [2.05, 4.69) is 34.6 Å². The first kappa shape index (κ1) is 22.3. The summed E-state index contributed by atoms with van der Waals surface area (Å²) < 4.78 is 12.0. The number of esters is 1. The molecule has 1 aromatic heterocycles. The van der Waals surface area contributed by atoms with Crippen LogP contribution in [0.2, 0.25) is 0 Å². The van der Waals surface area contributed by atoms with Crippen LogP contribution in [0.15, 0.2) is 23.2 Å². The van der Waals surface area contributed by atoms with Crippen LogP contribution in [0.4, 0.5) is 0 Å². The molecule has 0 aliphatic rings. The Kier molecular flexibility index (Phi) is 7.64. The highest BCUT2D eigenvalue weighted by molar-refractivity contribution is 5.92. The molecule has 0 aliphatic carbocycles. The number of aryl methyl sites for hydroxylation is 2. The zero-order chi connectivity index (χ0) is 21.6. The van der Waals surface area contributed by atoms with Crippen LogP contribution in [-0.2, 0) is 24.8 Å². The minimum Gasteiger partial charge on any atom is -0.496 e. The van der Waals surface area contributed by atoms with Crippen LogP contribution in [0, 0.1) is 13.8 Å². The van der Waals surface area contributed by atoms with E-state index in [1.807, 2.05) is 24.7 Å². The van der Waals surface area contributed by atoms with Crippen molar-refractivity contribution in [1.82, 2.24) is 20.4 Å². The summed E-state index contributed by atoms with van der Waals surface area (Å²) in [5, 5.41) is 11.2. The second-order valence-corrected chi connectivity index (χ2v) is 6.97. The van der Waals surface area contributed by atoms with Gasteiger partial charge < -0.3 is 20.1 Å². The largest absolute Gasteiger partial charge is 0.496 e. The summed E-state index contributed by atoms with van der Waals surface area (Å²) in [7, 11) is 6.57. The van der Waals surface area contributed by atoms with Crippen LogP contribution in [0.25, 0.3) is 0 Å². The molecule has 0 saturated carbocycles. The molecule has 0 saturated heterocycles. The quantitative estimate of drug-likeness (QED) is 0.420. The number of methoxy groups -OCH3 is 2. The second kappa shape index (κ2) is 9.95. The third-order valence-electron chi connectivity index (χ3n) is 4.91. The summed E-state index contributed by atoms with van der Waals surface area (Å²) in [6, 6.07) is 5.59. The average Bonchev–Trinajstić information content (AvgIpc) is 2.96. The van der Waals surface area contributed by atoms with Gasteiger partial charge in [-0.3, -0.25) is 9.67 Å². The number of guanidine groups is 1. The molecule has 8 heteroatoms. The highest BCUT2D eigenvalue weighted by Gasteiger charge is 2.15. The Morgan fingerprint density at radius 1 is 1.31 bits per heavy atom. The van der Waals surface area contributed by atoms with Crippen molar-refractivity contribution in [2.24, 2.45) is 12.0 Å². The molecular formula is C21H31N5O3. The van der Waals surface area contributed by atoms with Gasteiger partial charge in [-0.25, -0.2) is 4.79 Å². The zero-order valence-electron chi connectivity index (χ0n) is 18.3. The van der Waals surface area contributed by atoms with Crippen molar-refractivity contribution >= 4 is 11.9 Å². The molecule has 0 fully saturated rings. The van der Waals surface area contributed by atoms with E-state index in [1.165, 1.54) is 25.5 Å². The maximum absolute atomic E-state index is 11.9. The number of hydrogen-bond acceptors (Lipinski definition) is 5. The van der Waals surface area contributed by atoms with Gasteiger partial charge in [-0.15, -0.1) is 0 Å². The number of benzene rings is 1. The topological polar surface area (TPSA) is 89.8 Å².